The molecule has 0 spiro atoms. The zero-order valence-corrected chi connectivity index (χ0v) is 11.4. The van der Waals surface area contributed by atoms with Crippen LogP contribution in [0.15, 0.2) is 24.3 Å². The Balaban J connectivity index is 2.59. The van der Waals surface area contributed by atoms with Crippen LogP contribution in [0.5, 0.6) is 0 Å². The molecule has 1 aromatic carbocycles. The monoisotopic (exact) mass is 249 g/mol. The van der Waals surface area contributed by atoms with Crippen molar-refractivity contribution in [1.29, 1.82) is 0 Å². The van der Waals surface area contributed by atoms with Crippen LogP contribution in [0.25, 0.3) is 0 Å². The molecule has 0 aliphatic rings. The molecule has 0 saturated heterocycles. The molecule has 0 aliphatic heterocycles. The Labute approximate surface area is 109 Å². The molecule has 3 N–H and O–H groups in total. The molecule has 0 bridgehead atoms. The second-order valence-corrected chi connectivity index (χ2v) is 4.81. The van der Waals surface area contributed by atoms with Gasteiger partial charge in [0.2, 0.25) is 5.91 Å². The van der Waals surface area contributed by atoms with Crippen molar-refractivity contribution in [3.63, 3.8) is 0 Å². The van der Waals surface area contributed by atoms with Gasteiger partial charge in [-0.15, -0.1) is 0 Å². The number of nitrogens with zero attached hydrogens (tertiary/aromatic N) is 1. The Morgan fingerprint density at radius 1 is 1.39 bits per heavy atom. The quantitative estimate of drug-likeness (QED) is 0.794. The molecule has 0 unspecified atom stereocenters. The third kappa shape index (κ3) is 4.85. The first-order valence-electron chi connectivity index (χ1n) is 6.27. The van der Waals surface area contributed by atoms with Crippen molar-refractivity contribution in [3.05, 3.63) is 35.4 Å². The largest absolute Gasteiger partial charge is 0.351 e. The number of benzene rings is 1. The molecular weight excluding hydrogens is 226 g/mol. The summed E-state index contributed by atoms with van der Waals surface area (Å²) in [6.45, 7) is 5.83. The van der Waals surface area contributed by atoms with Crippen molar-refractivity contribution < 1.29 is 4.79 Å². The lowest BCUT2D eigenvalue weighted by molar-refractivity contribution is -0.119. The van der Waals surface area contributed by atoms with Crippen LogP contribution < -0.4 is 11.1 Å². The summed E-state index contributed by atoms with van der Waals surface area (Å²) in [5.74, 6) is -0.125. The first kappa shape index (κ1) is 14.7. The van der Waals surface area contributed by atoms with E-state index >= 15 is 0 Å². The van der Waals surface area contributed by atoms with E-state index < -0.39 is 0 Å². The van der Waals surface area contributed by atoms with Gasteiger partial charge in [-0.05, 0) is 32.0 Å². The summed E-state index contributed by atoms with van der Waals surface area (Å²) in [5, 5.41) is 2.77. The molecule has 1 amide bonds. The topological polar surface area (TPSA) is 58.4 Å². The Morgan fingerprint density at radius 2 is 2.06 bits per heavy atom. The predicted octanol–water partition coefficient (Wildman–Crippen LogP) is 1.10. The molecule has 0 aromatic heterocycles. The standard InChI is InChI=1S/C14H23N3O/c1-11(2)17(3)10-13-6-4-5-12(7-13)9-16-14(18)8-15/h4-7,11H,8-10,15H2,1-3H3,(H,16,18). The summed E-state index contributed by atoms with van der Waals surface area (Å²) in [7, 11) is 2.10. The number of hydrogen-bond donors (Lipinski definition) is 2. The van der Waals surface area contributed by atoms with E-state index in [0.29, 0.717) is 12.6 Å². The summed E-state index contributed by atoms with van der Waals surface area (Å²) in [4.78, 5) is 13.4. The van der Waals surface area contributed by atoms with Gasteiger partial charge in [0.05, 0.1) is 6.54 Å². The normalized spacial score (nSPS) is 11.0. The van der Waals surface area contributed by atoms with Crippen molar-refractivity contribution >= 4 is 5.91 Å². The van der Waals surface area contributed by atoms with Crippen LogP contribution >= 0.6 is 0 Å². The van der Waals surface area contributed by atoms with E-state index in [4.69, 9.17) is 5.73 Å². The Hall–Kier alpha value is -1.39. The molecule has 1 rings (SSSR count). The van der Waals surface area contributed by atoms with E-state index in [-0.39, 0.29) is 12.5 Å². The Morgan fingerprint density at radius 3 is 2.67 bits per heavy atom. The minimum Gasteiger partial charge on any atom is -0.351 e. The fourth-order valence-electron chi connectivity index (χ4n) is 1.58. The van der Waals surface area contributed by atoms with Gasteiger partial charge in [0.15, 0.2) is 0 Å². The van der Waals surface area contributed by atoms with E-state index in [1.807, 2.05) is 12.1 Å². The van der Waals surface area contributed by atoms with Gasteiger partial charge in [0.1, 0.15) is 0 Å². The predicted molar refractivity (Wildman–Crippen MR) is 73.9 cm³/mol. The highest BCUT2D eigenvalue weighted by atomic mass is 16.1. The average Bonchev–Trinajstić information content (AvgIpc) is 2.36. The zero-order chi connectivity index (χ0) is 13.5. The van der Waals surface area contributed by atoms with E-state index in [9.17, 15) is 4.79 Å². The van der Waals surface area contributed by atoms with Crippen LogP contribution in [-0.2, 0) is 17.9 Å². The molecule has 4 nitrogen and oxygen atoms in total. The molecule has 18 heavy (non-hydrogen) atoms. The molecule has 0 aliphatic carbocycles. The number of hydrogen-bond acceptors (Lipinski definition) is 3. The maximum atomic E-state index is 11.1. The van der Waals surface area contributed by atoms with Gasteiger partial charge in [0, 0.05) is 19.1 Å². The minimum atomic E-state index is -0.125. The number of nitrogens with one attached hydrogen (secondary N) is 1. The molecule has 1 aromatic rings. The van der Waals surface area contributed by atoms with E-state index in [1.165, 1.54) is 5.56 Å². The summed E-state index contributed by atoms with van der Waals surface area (Å²) in [6, 6.07) is 8.77. The lowest BCUT2D eigenvalue weighted by atomic mass is 10.1. The second-order valence-electron chi connectivity index (χ2n) is 4.81. The van der Waals surface area contributed by atoms with Gasteiger partial charge in [-0.3, -0.25) is 9.69 Å². The highest BCUT2D eigenvalue weighted by molar-refractivity contribution is 5.77. The number of amides is 1. The number of nitrogens with two attached hydrogens (primary N) is 1. The van der Waals surface area contributed by atoms with Crippen LogP contribution in [0, 0.1) is 0 Å². The van der Waals surface area contributed by atoms with Crippen LogP contribution in [-0.4, -0.2) is 30.4 Å². The maximum absolute atomic E-state index is 11.1. The summed E-state index contributed by atoms with van der Waals surface area (Å²) in [5.41, 5.74) is 7.61. The zero-order valence-electron chi connectivity index (χ0n) is 11.4. The molecule has 4 heteroatoms. The Kier molecular flexibility index (Phi) is 5.82. The maximum Gasteiger partial charge on any atom is 0.234 e. The van der Waals surface area contributed by atoms with Crippen LogP contribution in [0.2, 0.25) is 0 Å². The minimum absolute atomic E-state index is 0.0375. The summed E-state index contributed by atoms with van der Waals surface area (Å²) in [6.07, 6.45) is 0. The van der Waals surface area contributed by atoms with Gasteiger partial charge in [-0.25, -0.2) is 0 Å². The van der Waals surface area contributed by atoms with Gasteiger partial charge >= 0.3 is 0 Å². The van der Waals surface area contributed by atoms with Gasteiger partial charge in [0.25, 0.3) is 0 Å². The van der Waals surface area contributed by atoms with Crippen LogP contribution in [0.4, 0.5) is 0 Å². The molecular formula is C14H23N3O. The first-order valence-corrected chi connectivity index (χ1v) is 6.27. The van der Waals surface area contributed by atoms with Crippen molar-refractivity contribution in [2.24, 2.45) is 5.73 Å². The van der Waals surface area contributed by atoms with E-state index in [0.717, 1.165) is 12.1 Å². The SMILES string of the molecule is CC(C)N(C)Cc1cccc(CNC(=O)CN)c1. The highest BCUT2D eigenvalue weighted by Crippen LogP contribution is 2.09. The van der Waals surface area contributed by atoms with Crippen molar-refractivity contribution in [1.82, 2.24) is 10.2 Å². The summed E-state index contributed by atoms with van der Waals surface area (Å²) < 4.78 is 0. The second kappa shape index (κ2) is 7.13. The number of rotatable bonds is 6. The lowest BCUT2D eigenvalue weighted by Gasteiger charge is -2.21. The molecule has 0 atom stereocenters. The molecule has 0 heterocycles. The van der Waals surface area contributed by atoms with Gasteiger partial charge in [-0.1, -0.05) is 24.3 Å². The van der Waals surface area contributed by atoms with Crippen molar-refractivity contribution in [2.75, 3.05) is 13.6 Å². The fourth-order valence-corrected chi connectivity index (χ4v) is 1.58. The van der Waals surface area contributed by atoms with Crippen molar-refractivity contribution in [3.8, 4) is 0 Å². The van der Waals surface area contributed by atoms with Gasteiger partial charge < -0.3 is 11.1 Å². The third-order valence-electron chi connectivity index (χ3n) is 2.98. The van der Waals surface area contributed by atoms with Crippen molar-refractivity contribution in [2.45, 2.75) is 33.0 Å². The summed E-state index contributed by atoms with van der Waals surface area (Å²) >= 11 is 0. The molecule has 100 valence electrons. The van der Waals surface area contributed by atoms with Gasteiger partial charge in [-0.2, -0.15) is 0 Å². The smallest absolute Gasteiger partial charge is 0.234 e. The lowest BCUT2D eigenvalue weighted by Crippen LogP contribution is -2.29. The molecule has 0 saturated carbocycles. The van der Waals surface area contributed by atoms with E-state index in [2.05, 4.69) is 43.2 Å². The fraction of sp³-hybridized carbons (Fsp3) is 0.500. The highest BCUT2D eigenvalue weighted by Gasteiger charge is 2.05. The average molecular weight is 249 g/mol. The van der Waals surface area contributed by atoms with Crippen LogP contribution in [0.1, 0.15) is 25.0 Å². The molecule has 0 fully saturated rings. The van der Waals surface area contributed by atoms with E-state index in [1.54, 1.807) is 0 Å². The third-order valence-corrected chi connectivity index (χ3v) is 2.98. The number of carbonyl (C=O) groups is 1. The molecule has 0 radical (unpaired) electrons. The Bertz CT molecular complexity index is 390. The first-order chi connectivity index (χ1) is 8.52. The number of carbonyl (C=O) groups excluding carboxylic acids is 1. The van der Waals surface area contributed by atoms with Crippen LogP contribution in [0.3, 0.4) is 0 Å².